The van der Waals surface area contributed by atoms with E-state index < -0.39 is 22.4 Å². The summed E-state index contributed by atoms with van der Waals surface area (Å²) in [5.74, 6) is 29.0. The fourth-order valence-corrected chi connectivity index (χ4v) is 21.5. The van der Waals surface area contributed by atoms with Crippen molar-refractivity contribution in [2.45, 2.75) is 99.5 Å². The first-order chi connectivity index (χ1) is 58.2. The number of hydrogen-bond donors (Lipinski definition) is 4. The Kier molecular flexibility index (Phi) is 24.0. The van der Waals surface area contributed by atoms with Crippen LogP contribution >= 0.6 is 45.3 Å². The van der Waals surface area contributed by atoms with Gasteiger partial charge < -0.3 is 29.9 Å². The van der Waals surface area contributed by atoms with Crippen LogP contribution in [-0.4, -0.2) is 183 Å². The maximum Gasteiger partial charge on any atom is 0.231 e. The quantitative estimate of drug-likeness (QED) is 0.0840. The van der Waals surface area contributed by atoms with Gasteiger partial charge in [0.1, 0.15) is 61.9 Å². The number of benzene rings is 5. The highest BCUT2D eigenvalue weighted by Crippen LogP contribution is 2.43. The Balaban J connectivity index is 0.000000109. The number of rotatable bonds is 12. The lowest BCUT2D eigenvalue weighted by Crippen LogP contribution is -2.58. The molecule has 8 bridgehead atoms. The van der Waals surface area contributed by atoms with Gasteiger partial charge in [-0.3, -0.25) is 34.6 Å². The molecule has 0 saturated carbocycles. The number of fused-ring (bicyclic) bond motifs is 13. The number of hydrogen-bond acceptors (Lipinski definition) is 21. The second kappa shape index (κ2) is 35.9. The van der Waals surface area contributed by atoms with E-state index in [1.807, 2.05) is 140 Å². The molecule has 119 heavy (non-hydrogen) atoms. The van der Waals surface area contributed by atoms with Crippen molar-refractivity contribution in [2.24, 2.45) is 23.7 Å². The standard InChI is InChI=1S/C26H24N2O3S.3C24H23N3OS/c29-26(16-28-12-9-20(26)10-13-28)11-8-24-21(14-18-4-2-1-3-5-18)27-25(32-24)19-6-7-22-23(15-19)31-17-30-22;28-24(17-27-14-10-19(24)11-15-27)12-9-22-21(16-18-6-2-1-3-7-18)26-23(29-22)20-8-4-5-13-25-20;28-24(17-27-13-9-20(24)10-14-27)11-8-22-21(15-18-5-2-1-3-6-18)26-23(29-22)19-7-4-12-25-16-19;28-24(17-27-14-9-20(24)10-15-27)11-6-22-21(16-18-4-2-1-3-5-18)26-23(29-22)19-7-12-25-13-8-19/h1-7,15,20,29H,9-10,12-14,16-17H2;1-8,13,19,28H,10-11,14-17H2;1-7,12,16,20,28H,9-10,13-15,17H2;1-5,7-8,12-13,20,28H,9-10,14-17H2. The summed E-state index contributed by atoms with van der Waals surface area (Å²) >= 11 is 6.34. The maximum absolute atomic E-state index is 11.3. The number of pyridine rings is 3. The minimum Gasteiger partial charge on any atom is -0.454 e. The summed E-state index contributed by atoms with van der Waals surface area (Å²) in [5.41, 5.74) is 8.94. The fraction of sp³-hybridized carbons (Fsp3) is 0.337. The molecule has 12 aromatic rings. The van der Waals surface area contributed by atoms with Gasteiger partial charge in [0.25, 0.3) is 0 Å². The Morgan fingerprint density at radius 3 is 1.04 bits per heavy atom. The fourth-order valence-electron chi connectivity index (χ4n) is 17.8. The van der Waals surface area contributed by atoms with Gasteiger partial charge in [-0.15, -0.1) is 45.3 Å². The molecule has 4 unspecified atom stereocenters. The van der Waals surface area contributed by atoms with Crippen molar-refractivity contribution in [3.05, 3.63) is 278 Å². The molecule has 5 aromatic carbocycles. The number of ether oxygens (including phenoxy) is 2. The summed E-state index contributed by atoms with van der Waals surface area (Å²) in [5, 5.41) is 48.5. The Bertz CT molecular complexity index is 5350. The van der Waals surface area contributed by atoms with E-state index in [9.17, 15) is 20.4 Å². The first-order valence-electron chi connectivity index (χ1n) is 41.4. The van der Waals surface area contributed by atoms with Crippen LogP contribution in [0, 0.1) is 71.0 Å². The smallest absolute Gasteiger partial charge is 0.231 e. The molecule has 0 spiro atoms. The zero-order valence-corrected chi connectivity index (χ0v) is 69.6. The molecule has 0 aliphatic carbocycles. The van der Waals surface area contributed by atoms with Crippen molar-refractivity contribution in [1.29, 1.82) is 0 Å². The zero-order chi connectivity index (χ0) is 80.6. The Morgan fingerprint density at radius 1 is 0.336 bits per heavy atom. The summed E-state index contributed by atoms with van der Waals surface area (Å²) < 4.78 is 11.0. The summed E-state index contributed by atoms with van der Waals surface area (Å²) in [6.45, 7) is 11.5. The lowest BCUT2D eigenvalue weighted by atomic mass is 9.76. The highest BCUT2D eigenvalue weighted by atomic mass is 32.1. The number of aliphatic hydroxyl groups is 4. The van der Waals surface area contributed by atoms with Crippen molar-refractivity contribution in [3.8, 4) is 101 Å². The second-order valence-electron chi connectivity index (χ2n) is 32.5. The Morgan fingerprint density at radius 2 is 0.689 bits per heavy atom. The molecule has 600 valence electrons. The van der Waals surface area contributed by atoms with E-state index in [-0.39, 0.29) is 30.5 Å². The van der Waals surface area contributed by atoms with Crippen LogP contribution in [0.1, 0.15) is 116 Å². The number of piperidine rings is 12. The van der Waals surface area contributed by atoms with Gasteiger partial charge >= 0.3 is 0 Å². The van der Waals surface area contributed by atoms with E-state index in [1.165, 1.54) is 22.3 Å². The molecule has 12 fully saturated rings. The zero-order valence-electron chi connectivity index (χ0n) is 66.4. The SMILES string of the molecule is OC1(C#Cc2sc(-c3ccc4c(c3)OCO4)nc2Cc2ccccc2)CN2CCC1CC2.OC1(C#Cc2sc(-c3ccccn3)nc2Cc2ccccc2)CN2CCC1CC2.OC1(C#Cc2sc(-c3cccnc3)nc2Cc2ccccc2)CN2CCC1CC2.OC1(C#Cc2sc(-c3ccncc3)nc2Cc2ccccc2)CN2CCC1CC2. The van der Waals surface area contributed by atoms with Crippen LogP contribution in [-0.2, 0) is 25.7 Å². The van der Waals surface area contributed by atoms with Gasteiger partial charge in [-0.25, -0.2) is 19.9 Å². The molecular weight excluding hydrogens is 1560 g/mol. The van der Waals surface area contributed by atoms with Crippen LogP contribution in [0.4, 0.5) is 0 Å². The van der Waals surface area contributed by atoms with Gasteiger partial charge in [-0.05, 0) is 181 Å². The van der Waals surface area contributed by atoms with Gasteiger partial charge in [0.15, 0.2) is 11.5 Å². The van der Waals surface area contributed by atoms with Crippen molar-refractivity contribution in [2.75, 3.05) is 85.3 Å². The Hall–Kier alpha value is -10.4. The molecular formula is C98H93N11O6S4. The highest BCUT2D eigenvalue weighted by Gasteiger charge is 2.48. The van der Waals surface area contributed by atoms with E-state index in [2.05, 4.69) is 130 Å². The molecule has 4 N–H and O–H groups in total. The van der Waals surface area contributed by atoms with Crippen LogP contribution in [0.2, 0.25) is 0 Å². The number of thiazole rings is 4. The average Bonchev–Trinajstić information content (AvgIpc) is 1.32. The van der Waals surface area contributed by atoms with E-state index in [4.69, 9.17) is 29.4 Å². The summed E-state index contributed by atoms with van der Waals surface area (Å²) in [7, 11) is 0. The molecule has 12 saturated heterocycles. The molecule has 20 heterocycles. The van der Waals surface area contributed by atoms with Gasteiger partial charge in [0, 0.05) is 123 Å². The molecule has 25 rings (SSSR count). The highest BCUT2D eigenvalue weighted by molar-refractivity contribution is 7.16. The third-order valence-corrected chi connectivity index (χ3v) is 28.7. The summed E-state index contributed by atoms with van der Waals surface area (Å²) in [6, 6.07) is 61.0. The Labute approximate surface area is 712 Å². The van der Waals surface area contributed by atoms with E-state index >= 15 is 0 Å². The first kappa shape index (κ1) is 79.7. The van der Waals surface area contributed by atoms with Crippen LogP contribution in [0.5, 0.6) is 11.5 Å². The monoisotopic (exact) mass is 1650 g/mol. The topological polar surface area (TPSA) is 203 Å². The van der Waals surface area contributed by atoms with E-state index in [0.29, 0.717) is 32.6 Å². The van der Waals surface area contributed by atoms with Gasteiger partial charge in [0.05, 0.1) is 28.5 Å². The molecule has 17 nitrogen and oxygen atoms in total. The van der Waals surface area contributed by atoms with Crippen LogP contribution in [0.3, 0.4) is 0 Å². The van der Waals surface area contributed by atoms with Crippen molar-refractivity contribution < 1.29 is 29.9 Å². The summed E-state index contributed by atoms with van der Waals surface area (Å²) in [6.07, 6.45) is 20.1. The number of aromatic nitrogens is 7. The van der Waals surface area contributed by atoms with Crippen LogP contribution in [0.15, 0.2) is 213 Å². The largest absolute Gasteiger partial charge is 0.454 e. The molecule has 21 heteroatoms. The molecule has 0 radical (unpaired) electrons. The lowest BCUT2D eigenvalue weighted by molar-refractivity contribution is -0.0714. The third-order valence-electron chi connectivity index (χ3n) is 24.5. The minimum atomic E-state index is -0.927. The van der Waals surface area contributed by atoms with Crippen LogP contribution in [0.25, 0.3) is 42.4 Å². The molecule has 13 aliphatic rings. The summed E-state index contributed by atoms with van der Waals surface area (Å²) in [4.78, 5) is 45.5. The second-order valence-corrected chi connectivity index (χ2v) is 36.5. The predicted molar refractivity (Wildman–Crippen MR) is 471 cm³/mol. The van der Waals surface area contributed by atoms with Crippen molar-refractivity contribution in [1.82, 2.24) is 54.5 Å². The normalized spacial score (nSPS) is 25.4. The van der Waals surface area contributed by atoms with Gasteiger partial charge in [0.2, 0.25) is 6.79 Å². The van der Waals surface area contributed by atoms with Gasteiger partial charge in [-0.1, -0.05) is 175 Å². The lowest BCUT2D eigenvalue weighted by Gasteiger charge is -2.47. The van der Waals surface area contributed by atoms with E-state index in [1.54, 1.807) is 70.1 Å². The molecule has 7 aromatic heterocycles. The number of nitrogens with zero attached hydrogens (tertiary/aromatic N) is 11. The van der Waals surface area contributed by atoms with Crippen molar-refractivity contribution in [3.63, 3.8) is 0 Å². The average molecular weight is 1650 g/mol. The predicted octanol–water partition coefficient (Wildman–Crippen LogP) is 14.8. The maximum atomic E-state index is 11.3. The first-order valence-corrected chi connectivity index (χ1v) is 44.7. The minimum absolute atomic E-state index is 0.253. The molecule has 4 atom stereocenters. The molecule has 13 aliphatic heterocycles. The van der Waals surface area contributed by atoms with Crippen molar-refractivity contribution >= 4 is 45.3 Å². The third kappa shape index (κ3) is 18.8. The van der Waals surface area contributed by atoms with Crippen LogP contribution < -0.4 is 9.47 Å². The van der Waals surface area contributed by atoms with Gasteiger partial charge in [-0.2, -0.15) is 0 Å². The molecule has 0 amide bonds. The van der Waals surface area contributed by atoms with E-state index in [0.717, 1.165) is 219 Å².